The number of rotatable bonds is 4. The largest absolute Gasteiger partial charge is 0.477 e. The number of hydrogen-bond acceptors (Lipinski definition) is 4. The maximum Gasteiger partial charge on any atom is 0.341 e. The summed E-state index contributed by atoms with van der Waals surface area (Å²) in [6.07, 6.45) is 4.17. The quantitative estimate of drug-likeness (QED) is 0.875. The van der Waals surface area contributed by atoms with Gasteiger partial charge in [0.25, 0.3) is 0 Å². The molecule has 1 aliphatic heterocycles. The molecule has 0 unspecified atom stereocenters. The number of halogens is 1. The second kappa shape index (κ2) is 6.09. The van der Waals surface area contributed by atoms with Crippen molar-refractivity contribution in [1.29, 1.82) is 0 Å². The third kappa shape index (κ3) is 2.76. The number of nitrogens with zero attached hydrogens (tertiary/aromatic N) is 2. The first-order valence-electron chi connectivity index (χ1n) is 8.99. The summed E-state index contributed by atoms with van der Waals surface area (Å²) in [4.78, 5) is 25.9. The van der Waals surface area contributed by atoms with E-state index >= 15 is 0 Å². The van der Waals surface area contributed by atoms with Crippen LogP contribution in [-0.2, 0) is 0 Å². The zero-order valence-corrected chi connectivity index (χ0v) is 14.6. The Kier molecular flexibility index (Phi) is 3.99. The molecular weight excluding hydrogens is 337 g/mol. The minimum Gasteiger partial charge on any atom is -0.477 e. The van der Waals surface area contributed by atoms with Crippen LogP contribution in [0.1, 0.15) is 42.6 Å². The minimum atomic E-state index is -1.28. The number of carboxylic acids is 1. The highest BCUT2D eigenvalue weighted by atomic mass is 19.1. The van der Waals surface area contributed by atoms with E-state index in [1.807, 2.05) is 16.4 Å². The number of pyridine rings is 1. The van der Waals surface area contributed by atoms with E-state index in [9.17, 15) is 19.1 Å². The standard InChI is InChI=1S/C19H22FN3O3/c1-10(21)11-4-5-22(8-11)17-7-16-13(6-15(17)20)18(24)14(19(25)26)9-23(16)12-2-3-12/h6-7,9-12H,2-5,8,21H2,1H3,(H,25,26)/t10-,11-/m0/s1. The maximum atomic E-state index is 14.8. The van der Waals surface area contributed by atoms with Crippen molar-refractivity contribution in [2.45, 2.75) is 38.3 Å². The summed E-state index contributed by atoms with van der Waals surface area (Å²) in [5.41, 5.74) is 6.09. The fourth-order valence-corrected chi connectivity index (χ4v) is 3.84. The lowest BCUT2D eigenvalue weighted by atomic mass is 10.0. The van der Waals surface area contributed by atoms with Crippen molar-refractivity contribution in [2.24, 2.45) is 11.7 Å². The van der Waals surface area contributed by atoms with Gasteiger partial charge in [-0.25, -0.2) is 9.18 Å². The number of carbonyl (C=O) groups is 1. The molecule has 1 saturated carbocycles. The van der Waals surface area contributed by atoms with Crippen LogP contribution in [0.25, 0.3) is 10.9 Å². The zero-order chi connectivity index (χ0) is 18.6. The summed E-state index contributed by atoms with van der Waals surface area (Å²) in [6.45, 7) is 3.36. The number of aromatic nitrogens is 1. The first kappa shape index (κ1) is 17.0. The number of hydrogen-bond donors (Lipinski definition) is 2. The van der Waals surface area contributed by atoms with Gasteiger partial charge < -0.3 is 20.3 Å². The third-order valence-corrected chi connectivity index (χ3v) is 5.58. The minimum absolute atomic E-state index is 0.0475. The molecule has 2 aromatic rings. The zero-order valence-electron chi connectivity index (χ0n) is 14.6. The second-order valence-electron chi connectivity index (χ2n) is 7.49. The highest BCUT2D eigenvalue weighted by Crippen LogP contribution is 2.38. The number of carboxylic acid groups (broad SMARTS) is 1. The van der Waals surface area contributed by atoms with E-state index in [1.54, 1.807) is 6.07 Å². The van der Waals surface area contributed by atoms with Gasteiger partial charge in [0.1, 0.15) is 11.4 Å². The Hall–Kier alpha value is -2.41. The molecule has 1 aromatic heterocycles. The van der Waals surface area contributed by atoms with E-state index < -0.39 is 17.2 Å². The lowest BCUT2D eigenvalue weighted by Gasteiger charge is -2.22. The van der Waals surface area contributed by atoms with Crippen LogP contribution in [0.3, 0.4) is 0 Å². The molecule has 2 heterocycles. The molecule has 138 valence electrons. The third-order valence-electron chi connectivity index (χ3n) is 5.58. The smallest absolute Gasteiger partial charge is 0.341 e. The van der Waals surface area contributed by atoms with Crippen molar-refractivity contribution in [2.75, 3.05) is 18.0 Å². The van der Waals surface area contributed by atoms with Crippen LogP contribution in [0.5, 0.6) is 0 Å². The molecule has 0 bridgehead atoms. The number of benzene rings is 1. The monoisotopic (exact) mass is 359 g/mol. The molecule has 1 aromatic carbocycles. The van der Waals surface area contributed by atoms with Crippen molar-refractivity contribution >= 4 is 22.6 Å². The van der Waals surface area contributed by atoms with Gasteiger partial charge in [0, 0.05) is 36.8 Å². The van der Waals surface area contributed by atoms with Crippen LogP contribution in [0, 0.1) is 11.7 Å². The van der Waals surface area contributed by atoms with Gasteiger partial charge in [-0.3, -0.25) is 4.79 Å². The summed E-state index contributed by atoms with van der Waals surface area (Å²) < 4.78 is 16.6. The first-order valence-corrected chi connectivity index (χ1v) is 8.99. The topological polar surface area (TPSA) is 88.6 Å². The Morgan fingerprint density at radius 1 is 1.35 bits per heavy atom. The molecule has 1 aliphatic carbocycles. The number of nitrogens with two attached hydrogens (primary N) is 1. The molecule has 2 aliphatic rings. The second-order valence-corrected chi connectivity index (χ2v) is 7.49. The van der Waals surface area contributed by atoms with E-state index in [0.717, 1.165) is 25.8 Å². The average molecular weight is 359 g/mol. The van der Waals surface area contributed by atoms with Crippen LogP contribution in [0.15, 0.2) is 23.1 Å². The normalized spacial score (nSPS) is 21.3. The highest BCUT2D eigenvalue weighted by Gasteiger charge is 2.30. The molecule has 0 radical (unpaired) electrons. The van der Waals surface area contributed by atoms with Gasteiger partial charge in [-0.05, 0) is 44.2 Å². The molecule has 2 fully saturated rings. The van der Waals surface area contributed by atoms with Crippen molar-refractivity contribution in [3.05, 3.63) is 39.9 Å². The Morgan fingerprint density at radius 3 is 2.65 bits per heavy atom. The number of aromatic carboxylic acids is 1. The molecule has 6 nitrogen and oxygen atoms in total. The Morgan fingerprint density at radius 2 is 2.08 bits per heavy atom. The number of anilines is 1. The lowest BCUT2D eigenvalue weighted by Crippen LogP contribution is -2.30. The van der Waals surface area contributed by atoms with E-state index in [1.165, 1.54) is 12.3 Å². The Labute approximate surface area is 150 Å². The van der Waals surface area contributed by atoms with Crippen LogP contribution in [0.2, 0.25) is 0 Å². The van der Waals surface area contributed by atoms with Gasteiger partial charge in [-0.2, -0.15) is 0 Å². The number of fused-ring (bicyclic) bond motifs is 1. The molecule has 0 amide bonds. The SMILES string of the molecule is C[C@H](N)[C@H]1CCN(c2cc3c(cc2F)c(=O)c(C(=O)O)cn3C2CC2)C1. The average Bonchev–Trinajstić information content (AvgIpc) is 3.30. The Balaban J connectivity index is 1.86. The van der Waals surface area contributed by atoms with Gasteiger partial charge in [0.2, 0.25) is 5.43 Å². The van der Waals surface area contributed by atoms with Gasteiger partial charge >= 0.3 is 5.97 Å². The summed E-state index contributed by atoms with van der Waals surface area (Å²) in [6, 6.07) is 3.10. The van der Waals surface area contributed by atoms with E-state index in [0.29, 0.717) is 23.7 Å². The van der Waals surface area contributed by atoms with Crippen molar-refractivity contribution in [3.8, 4) is 0 Å². The fraction of sp³-hybridized carbons (Fsp3) is 0.474. The molecular formula is C19H22FN3O3. The van der Waals surface area contributed by atoms with Crippen LogP contribution >= 0.6 is 0 Å². The van der Waals surface area contributed by atoms with Gasteiger partial charge in [-0.15, -0.1) is 0 Å². The Bertz CT molecular complexity index is 949. The van der Waals surface area contributed by atoms with Gasteiger partial charge in [0.15, 0.2) is 0 Å². The van der Waals surface area contributed by atoms with Crippen LogP contribution in [0.4, 0.5) is 10.1 Å². The van der Waals surface area contributed by atoms with Gasteiger partial charge in [-0.1, -0.05) is 0 Å². The summed E-state index contributed by atoms with van der Waals surface area (Å²) in [5, 5.41) is 9.43. The predicted octanol–water partition coefficient (Wildman–Crippen LogP) is 2.35. The molecule has 0 spiro atoms. The molecule has 1 saturated heterocycles. The lowest BCUT2D eigenvalue weighted by molar-refractivity contribution is 0.0695. The molecule has 7 heteroatoms. The molecule has 2 atom stereocenters. The summed E-state index contributed by atoms with van der Waals surface area (Å²) >= 11 is 0. The first-order chi connectivity index (χ1) is 12.4. The summed E-state index contributed by atoms with van der Waals surface area (Å²) in [7, 11) is 0. The van der Waals surface area contributed by atoms with Crippen molar-refractivity contribution in [1.82, 2.24) is 4.57 Å². The van der Waals surface area contributed by atoms with E-state index in [2.05, 4.69) is 0 Å². The van der Waals surface area contributed by atoms with Crippen LogP contribution < -0.4 is 16.1 Å². The fourth-order valence-electron chi connectivity index (χ4n) is 3.84. The molecule has 26 heavy (non-hydrogen) atoms. The predicted molar refractivity (Wildman–Crippen MR) is 97.4 cm³/mol. The van der Waals surface area contributed by atoms with Gasteiger partial charge in [0.05, 0.1) is 11.2 Å². The molecule has 3 N–H and O–H groups in total. The van der Waals surface area contributed by atoms with Crippen molar-refractivity contribution < 1.29 is 14.3 Å². The van der Waals surface area contributed by atoms with Crippen molar-refractivity contribution in [3.63, 3.8) is 0 Å². The van der Waals surface area contributed by atoms with E-state index in [4.69, 9.17) is 5.73 Å². The van der Waals surface area contributed by atoms with Crippen LogP contribution in [-0.4, -0.2) is 34.8 Å². The maximum absolute atomic E-state index is 14.8. The highest BCUT2D eigenvalue weighted by molar-refractivity contribution is 5.93. The van der Waals surface area contributed by atoms with E-state index in [-0.39, 0.29) is 23.0 Å². The summed E-state index contributed by atoms with van der Waals surface area (Å²) in [5.74, 6) is -1.47. The molecule has 4 rings (SSSR count).